The number of hydrogen-bond acceptors (Lipinski definition) is 26. The minimum absolute atomic E-state index is 0.709. The van der Waals surface area contributed by atoms with E-state index in [1.807, 2.05) is 0 Å². The molecule has 0 aromatic rings. The monoisotopic (exact) mass is 965 g/mol. The number of ether oxygens (including phenoxy) is 15. The summed E-state index contributed by atoms with van der Waals surface area (Å²) in [6.07, 6.45) is -25.4. The third kappa shape index (κ3) is 17.0. The first kappa shape index (κ1) is 55.3. The van der Waals surface area contributed by atoms with Crippen molar-refractivity contribution in [3.05, 3.63) is 0 Å². The van der Waals surface area contributed by atoms with Crippen LogP contribution in [0.25, 0.3) is 0 Å². The molecule has 27 heteroatoms. The largest absolute Gasteiger partial charge is 0.463 e. The van der Waals surface area contributed by atoms with E-state index in [1.54, 1.807) is 0 Å². The molecule has 376 valence electrons. The summed E-state index contributed by atoms with van der Waals surface area (Å²) >= 11 is 0. The van der Waals surface area contributed by atoms with E-state index in [4.69, 9.17) is 71.1 Å². The van der Waals surface area contributed by atoms with Gasteiger partial charge in [-0.3, -0.25) is 52.7 Å². The predicted molar refractivity (Wildman–Crippen MR) is 208 cm³/mol. The van der Waals surface area contributed by atoms with E-state index in [0.717, 1.165) is 76.2 Å². The van der Waals surface area contributed by atoms with Crippen LogP contribution < -0.4 is 5.32 Å². The first-order chi connectivity index (χ1) is 31.3. The number of carbonyl (C=O) groups is 11. The van der Waals surface area contributed by atoms with Gasteiger partial charge in [-0.1, -0.05) is 0 Å². The topological polar surface area (TPSA) is 338 Å². The molecule has 3 aliphatic rings. The highest BCUT2D eigenvalue weighted by Gasteiger charge is 2.60. The quantitative estimate of drug-likeness (QED) is 0.118. The van der Waals surface area contributed by atoms with E-state index in [2.05, 4.69) is 5.32 Å². The average Bonchev–Trinajstić information content (AvgIpc) is 3.17. The fourth-order valence-corrected chi connectivity index (χ4v) is 7.12. The maximum Gasteiger partial charge on any atom is 0.305 e. The Kier molecular flexibility index (Phi) is 20.8. The van der Waals surface area contributed by atoms with Crippen molar-refractivity contribution in [2.24, 2.45) is 0 Å². The fourth-order valence-electron chi connectivity index (χ4n) is 7.12. The molecule has 0 saturated carbocycles. The summed E-state index contributed by atoms with van der Waals surface area (Å²) in [4.78, 5) is 137. The van der Waals surface area contributed by atoms with Crippen molar-refractivity contribution in [3.63, 3.8) is 0 Å². The van der Waals surface area contributed by atoms with Gasteiger partial charge in [0.15, 0.2) is 49.2 Å². The number of hydrogen-bond donors (Lipinski definition) is 1. The average molecular weight is 966 g/mol. The van der Waals surface area contributed by atoms with Gasteiger partial charge < -0.3 is 76.4 Å². The molecule has 3 heterocycles. The van der Waals surface area contributed by atoms with Gasteiger partial charge in [-0.25, -0.2) is 0 Å². The van der Waals surface area contributed by atoms with Crippen LogP contribution in [0.15, 0.2) is 0 Å². The number of esters is 10. The molecular formula is C40H55NO26. The Morgan fingerprint density at radius 1 is 0.328 bits per heavy atom. The van der Waals surface area contributed by atoms with E-state index in [9.17, 15) is 52.7 Å². The molecule has 0 unspecified atom stereocenters. The lowest BCUT2D eigenvalue weighted by atomic mass is 9.94. The van der Waals surface area contributed by atoms with Gasteiger partial charge in [-0.15, -0.1) is 0 Å². The van der Waals surface area contributed by atoms with Crippen LogP contribution >= 0.6 is 0 Å². The molecule has 15 atom stereocenters. The summed E-state index contributed by atoms with van der Waals surface area (Å²) in [5.74, 6) is -10.4. The predicted octanol–water partition coefficient (Wildman–Crippen LogP) is -1.72. The van der Waals surface area contributed by atoms with Gasteiger partial charge >= 0.3 is 59.7 Å². The van der Waals surface area contributed by atoms with Gasteiger partial charge in [0.05, 0.1) is 0 Å². The van der Waals surface area contributed by atoms with E-state index < -0.39 is 177 Å². The Labute approximate surface area is 382 Å². The normalized spacial score (nSPS) is 31.2. The lowest BCUT2D eigenvalue weighted by Gasteiger charge is -2.50. The van der Waals surface area contributed by atoms with Crippen LogP contribution in [0.5, 0.6) is 0 Å². The van der Waals surface area contributed by atoms with Gasteiger partial charge in [-0.05, 0) is 0 Å². The summed E-state index contributed by atoms with van der Waals surface area (Å²) in [7, 11) is 0. The Morgan fingerprint density at radius 2 is 0.627 bits per heavy atom. The van der Waals surface area contributed by atoms with Crippen LogP contribution in [0.3, 0.4) is 0 Å². The van der Waals surface area contributed by atoms with Crippen LogP contribution in [0.1, 0.15) is 76.2 Å². The van der Waals surface area contributed by atoms with Crippen LogP contribution in [0, 0.1) is 0 Å². The van der Waals surface area contributed by atoms with Crippen LogP contribution in [-0.2, 0) is 124 Å². The second-order valence-corrected chi connectivity index (χ2v) is 15.0. The zero-order chi connectivity index (χ0) is 50.4. The number of amides is 1. The minimum Gasteiger partial charge on any atom is -0.463 e. The first-order valence-corrected chi connectivity index (χ1v) is 20.4. The summed E-state index contributed by atoms with van der Waals surface area (Å²) in [6, 6.07) is -1.57. The lowest BCUT2D eigenvalue weighted by molar-refractivity contribution is -0.376. The van der Waals surface area contributed by atoms with Crippen LogP contribution in [0.2, 0.25) is 0 Å². The molecule has 1 amide bonds. The fraction of sp³-hybridized carbons (Fsp3) is 0.725. The van der Waals surface area contributed by atoms with Crippen LogP contribution in [0.4, 0.5) is 0 Å². The van der Waals surface area contributed by atoms with Gasteiger partial charge in [0.2, 0.25) is 12.2 Å². The maximum absolute atomic E-state index is 13.0. The Hall–Kier alpha value is -6.03. The Bertz CT molecular complexity index is 1850. The third-order valence-electron chi connectivity index (χ3n) is 9.23. The second kappa shape index (κ2) is 25.2. The van der Waals surface area contributed by atoms with Crippen LogP contribution in [-0.4, -0.2) is 177 Å². The molecule has 0 bridgehead atoms. The molecule has 3 saturated heterocycles. The highest BCUT2D eigenvalue weighted by Crippen LogP contribution is 2.38. The number of rotatable bonds is 18. The van der Waals surface area contributed by atoms with Crippen molar-refractivity contribution >= 4 is 65.6 Å². The smallest absolute Gasteiger partial charge is 0.305 e. The molecule has 0 radical (unpaired) electrons. The molecule has 0 aromatic heterocycles. The summed E-state index contributed by atoms with van der Waals surface area (Å²) in [5.41, 5.74) is 0. The highest BCUT2D eigenvalue weighted by atomic mass is 16.8. The van der Waals surface area contributed by atoms with E-state index in [1.165, 1.54) is 0 Å². The zero-order valence-corrected chi connectivity index (χ0v) is 38.4. The Morgan fingerprint density at radius 3 is 1.00 bits per heavy atom. The summed E-state index contributed by atoms with van der Waals surface area (Å²) in [6.45, 7) is 8.76. The second-order valence-electron chi connectivity index (χ2n) is 15.0. The van der Waals surface area contributed by atoms with Crippen molar-refractivity contribution in [1.29, 1.82) is 0 Å². The van der Waals surface area contributed by atoms with E-state index >= 15 is 0 Å². The molecule has 0 aromatic carbocycles. The molecule has 0 aliphatic carbocycles. The van der Waals surface area contributed by atoms with Crippen molar-refractivity contribution < 1.29 is 124 Å². The van der Waals surface area contributed by atoms with Crippen molar-refractivity contribution in [3.8, 4) is 0 Å². The number of carbonyl (C=O) groups excluding carboxylic acids is 11. The van der Waals surface area contributed by atoms with Gasteiger partial charge in [0.1, 0.15) is 56.4 Å². The summed E-state index contributed by atoms with van der Waals surface area (Å²) in [5, 5.41) is 2.47. The van der Waals surface area contributed by atoms with Gasteiger partial charge in [0, 0.05) is 76.2 Å². The molecule has 1 N–H and O–H groups in total. The third-order valence-corrected chi connectivity index (χ3v) is 9.23. The minimum atomic E-state index is -2.07. The molecule has 3 rings (SSSR count). The Balaban J connectivity index is 2.37. The van der Waals surface area contributed by atoms with E-state index in [-0.39, 0.29) is 0 Å². The molecule has 27 nitrogen and oxygen atoms in total. The van der Waals surface area contributed by atoms with Gasteiger partial charge in [-0.2, -0.15) is 0 Å². The van der Waals surface area contributed by atoms with Crippen molar-refractivity contribution in [2.75, 3.05) is 19.8 Å². The van der Waals surface area contributed by atoms with Gasteiger partial charge in [0.25, 0.3) is 0 Å². The highest BCUT2D eigenvalue weighted by molar-refractivity contribution is 5.74. The number of nitrogens with one attached hydrogen (secondary N) is 1. The molecule has 3 aliphatic heterocycles. The maximum atomic E-state index is 13.0. The molecule has 0 spiro atoms. The molecule has 3 fully saturated rings. The molecule has 67 heavy (non-hydrogen) atoms. The van der Waals surface area contributed by atoms with Crippen molar-refractivity contribution in [2.45, 2.75) is 168 Å². The summed E-state index contributed by atoms with van der Waals surface area (Å²) < 4.78 is 85.6. The standard InChI is InChI=1S/C40H55NO26/c1-15(42)41-29-33(58-21(7)48)30(26(12-53-16(2)43)63-38(29)62-25(11)52)66-39-37(61-24(10)51)35(32(57-20(6)47)28(64-39)14-55-18(4)45)67-40-36(60-23(9)50)34(59-22(8)49)31(56-19(5)46)27(65-40)13-54-17(3)44/h26-40H,12-14H2,1-11H3,(H,41,42)/t26-,27-,28-,29-,30-,31-,32-,33-,34+,35+,36-,37-,38-,39+,40+/m0/s1. The first-order valence-electron chi connectivity index (χ1n) is 20.4. The lowest BCUT2D eigenvalue weighted by Crippen LogP contribution is -2.70. The zero-order valence-electron chi connectivity index (χ0n) is 38.4. The molecular weight excluding hydrogens is 910 g/mol. The van der Waals surface area contributed by atoms with E-state index in [0.29, 0.717) is 0 Å². The van der Waals surface area contributed by atoms with Crippen molar-refractivity contribution in [1.82, 2.24) is 5.32 Å². The SMILES string of the molecule is CC(=O)N[C@@H]1[C@@H](OC(C)=O)O[C@@H](COC(C)=O)[C@H](O[C@H]2O[C@@H](COC(C)=O)[C@H](OC(C)=O)[C@@H](O[C@H]3O[C@@H](COC(C)=O)[C@H](OC(C)=O)[C@@H](OC(C)=O)[C@@H]3OC(C)=O)[C@@H]2OC(C)=O)[C@H]1OC(C)=O.